The Kier molecular flexibility index (Phi) is 9.62. The molecule has 0 spiro atoms. The van der Waals surface area contributed by atoms with Gasteiger partial charge in [0.2, 0.25) is 0 Å². The van der Waals surface area contributed by atoms with Gasteiger partial charge in [-0.25, -0.2) is 0 Å². The molecule has 0 amide bonds. The fourth-order valence-corrected chi connectivity index (χ4v) is 11.7. The van der Waals surface area contributed by atoms with Crippen LogP contribution < -0.4 is 9.80 Å². The summed E-state index contributed by atoms with van der Waals surface area (Å²) in [6.45, 7) is 4.73. The van der Waals surface area contributed by atoms with Gasteiger partial charge in [0.1, 0.15) is 0 Å². The van der Waals surface area contributed by atoms with E-state index in [4.69, 9.17) is 0 Å². The fourth-order valence-electron chi connectivity index (χ4n) is 11.7. The highest BCUT2D eigenvalue weighted by atomic mass is 15.1. The van der Waals surface area contributed by atoms with Gasteiger partial charge in [-0.15, -0.1) is 0 Å². The first-order valence-corrected chi connectivity index (χ1v) is 24.3. The van der Waals surface area contributed by atoms with Crippen LogP contribution >= 0.6 is 0 Å². The monoisotopic (exact) mass is 886 g/mol. The van der Waals surface area contributed by atoms with Crippen molar-refractivity contribution in [1.82, 2.24) is 9.13 Å². The first-order valence-electron chi connectivity index (χ1n) is 24.3. The summed E-state index contributed by atoms with van der Waals surface area (Å²) >= 11 is 0. The number of hydrogen-bond acceptors (Lipinski definition) is 2. The minimum atomic E-state index is -0.178. The van der Waals surface area contributed by atoms with Gasteiger partial charge in [-0.1, -0.05) is 135 Å². The van der Waals surface area contributed by atoms with Crippen molar-refractivity contribution >= 4 is 77.7 Å². The SMILES string of the molecule is CCC1(CC)c2cc(N(c3ccccc3)c3ccc(-n4c5ccccc5c5ccccc54)cc3)ccc2-c2ccc(N(c3ccccc3)c3ccc(-n4c5ccccc5c5ccccc54)cc3)cc21. The molecule has 0 bridgehead atoms. The van der Waals surface area contributed by atoms with Crippen molar-refractivity contribution in [1.29, 1.82) is 0 Å². The van der Waals surface area contributed by atoms with Crippen LogP contribution in [0.4, 0.5) is 34.1 Å². The van der Waals surface area contributed by atoms with Crippen molar-refractivity contribution in [3.63, 3.8) is 0 Å². The van der Waals surface area contributed by atoms with E-state index in [2.05, 4.69) is 275 Å². The van der Waals surface area contributed by atoms with Crippen molar-refractivity contribution in [3.05, 3.63) is 254 Å². The zero-order valence-electron chi connectivity index (χ0n) is 38.8. The molecule has 0 saturated heterocycles. The summed E-state index contributed by atoms with van der Waals surface area (Å²) < 4.78 is 4.78. The van der Waals surface area contributed by atoms with Crippen LogP contribution in [0.5, 0.6) is 0 Å². The minimum absolute atomic E-state index is 0.178. The first-order chi connectivity index (χ1) is 34.1. The third kappa shape index (κ3) is 6.36. The maximum absolute atomic E-state index is 2.48. The molecule has 12 aromatic rings. The fraction of sp³-hybridized carbons (Fsp3) is 0.0769. The molecule has 4 nitrogen and oxygen atoms in total. The molecule has 0 N–H and O–H groups in total. The van der Waals surface area contributed by atoms with Crippen LogP contribution in [-0.2, 0) is 5.41 Å². The van der Waals surface area contributed by atoms with E-state index in [0.717, 1.165) is 58.3 Å². The number of nitrogens with zero attached hydrogens (tertiary/aromatic N) is 4. The van der Waals surface area contributed by atoms with E-state index in [1.807, 2.05) is 0 Å². The van der Waals surface area contributed by atoms with Crippen LogP contribution in [0, 0.1) is 0 Å². The van der Waals surface area contributed by atoms with Crippen LogP contribution in [0.1, 0.15) is 37.8 Å². The third-order valence-corrected chi connectivity index (χ3v) is 15.0. The average Bonchev–Trinajstić information content (AvgIpc) is 4.03. The van der Waals surface area contributed by atoms with E-state index in [1.54, 1.807) is 0 Å². The van der Waals surface area contributed by atoms with E-state index >= 15 is 0 Å². The predicted molar refractivity (Wildman–Crippen MR) is 291 cm³/mol. The number of fused-ring (bicyclic) bond motifs is 9. The number of hydrogen-bond donors (Lipinski definition) is 0. The molecule has 13 rings (SSSR count). The van der Waals surface area contributed by atoms with Crippen molar-refractivity contribution in [2.24, 2.45) is 0 Å². The minimum Gasteiger partial charge on any atom is -0.310 e. The zero-order valence-corrected chi connectivity index (χ0v) is 38.8. The Balaban J connectivity index is 0.894. The van der Waals surface area contributed by atoms with Crippen LogP contribution in [0.15, 0.2) is 243 Å². The average molecular weight is 887 g/mol. The van der Waals surface area contributed by atoms with Crippen molar-refractivity contribution in [2.75, 3.05) is 9.80 Å². The standard InChI is InChI=1S/C65H50N4/c1-3-65(4-2)59-43-51(66(45-19-7-5-8-20-45)47-31-35-49(36-32-47)68-61-27-15-11-23-55(61)56-24-12-16-28-62(56)68)39-41-53(59)54-42-40-52(44-60(54)65)67(46-21-9-6-10-22-46)48-33-37-50(38-34-48)69-63-29-17-13-25-57(63)58-26-14-18-30-64(58)69/h5-44H,3-4H2,1-2H3. The lowest BCUT2D eigenvalue weighted by molar-refractivity contribution is 0.490. The maximum atomic E-state index is 2.48. The lowest BCUT2D eigenvalue weighted by atomic mass is 9.73. The number of benzene rings is 10. The highest BCUT2D eigenvalue weighted by Gasteiger charge is 2.41. The van der Waals surface area contributed by atoms with E-state index in [1.165, 1.54) is 65.9 Å². The van der Waals surface area contributed by atoms with E-state index in [-0.39, 0.29) is 5.41 Å². The number of anilines is 6. The zero-order chi connectivity index (χ0) is 46.1. The summed E-state index contributed by atoms with van der Waals surface area (Å²) in [6, 6.07) is 89.1. The molecule has 0 aliphatic heterocycles. The molecular formula is C65H50N4. The molecule has 0 fully saturated rings. The van der Waals surface area contributed by atoms with Crippen molar-refractivity contribution < 1.29 is 0 Å². The predicted octanol–water partition coefficient (Wildman–Crippen LogP) is 17.9. The Bertz CT molecular complexity index is 3500. The van der Waals surface area contributed by atoms with E-state index in [0.29, 0.717) is 0 Å². The largest absolute Gasteiger partial charge is 0.310 e. The van der Waals surface area contributed by atoms with Gasteiger partial charge in [-0.3, -0.25) is 0 Å². The molecule has 0 atom stereocenters. The highest BCUT2D eigenvalue weighted by Crippen LogP contribution is 2.56. The molecule has 4 heteroatoms. The highest BCUT2D eigenvalue weighted by molar-refractivity contribution is 6.10. The van der Waals surface area contributed by atoms with Gasteiger partial charge in [0.05, 0.1) is 22.1 Å². The lowest BCUT2D eigenvalue weighted by Crippen LogP contribution is -2.24. The normalized spacial score (nSPS) is 12.7. The molecule has 2 heterocycles. The molecule has 1 aliphatic carbocycles. The summed E-state index contributed by atoms with van der Waals surface area (Å²) in [7, 11) is 0. The summed E-state index contributed by atoms with van der Waals surface area (Å²) in [5, 5.41) is 5.07. The van der Waals surface area contributed by atoms with Gasteiger partial charge in [0, 0.05) is 72.5 Å². The molecule has 0 saturated carbocycles. The quantitative estimate of drug-likeness (QED) is 0.136. The molecule has 69 heavy (non-hydrogen) atoms. The van der Waals surface area contributed by atoms with Crippen LogP contribution in [-0.4, -0.2) is 9.13 Å². The van der Waals surface area contributed by atoms with Gasteiger partial charge < -0.3 is 18.9 Å². The second-order valence-corrected chi connectivity index (χ2v) is 18.4. The summed E-state index contributed by atoms with van der Waals surface area (Å²) in [6.07, 6.45) is 1.96. The number of aromatic nitrogens is 2. The Morgan fingerprint density at radius 3 is 0.928 bits per heavy atom. The first kappa shape index (κ1) is 40.7. The van der Waals surface area contributed by atoms with Crippen LogP contribution in [0.3, 0.4) is 0 Å². The maximum Gasteiger partial charge on any atom is 0.0541 e. The van der Waals surface area contributed by atoms with Crippen molar-refractivity contribution in [3.8, 4) is 22.5 Å². The van der Waals surface area contributed by atoms with Crippen LogP contribution in [0.2, 0.25) is 0 Å². The second-order valence-electron chi connectivity index (χ2n) is 18.4. The Hall–Kier alpha value is -8.60. The molecule has 1 aliphatic rings. The van der Waals surface area contributed by atoms with Crippen LogP contribution in [0.25, 0.3) is 66.1 Å². The lowest BCUT2D eigenvalue weighted by Gasteiger charge is -2.33. The smallest absolute Gasteiger partial charge is 0.0541 e. The molecule has 0 unspecified atom stereocenters. The third-order valence-electron chi connectivity index (χ3n) is 15.0. The van der Waals surface area contributed by atoms with Gasteiger partial charge in [-0.2, -0.15) is 0 Å². The van der Waals surface area contributed by atoms with Gasteiger partial charge in [0.25, 0.3) is 0 Å². The van der Waals surface area contributed by atoms with Gasteiger partial charge >= 0.3 is 0 Å². The van der Waals surface area contributed by atoms with E-state index in [9.17, 15) is 0 Å². The molecule has 2 aromatic heterocycles. The summed E-state index contributed by atoms with van der Waals surface area (Å²) in [4.78, 5) is 4.83. The summed E-state index contributed by atoms with van der Waals surface area (Å²) in [5.41, 5.74) is 19.2. The summed E-state index contributed by atoms with van der Waals surface area (Å²) in [5.74, 6) is 0. The Labute approximate surface area is 403 Å². The van der Waals surface area contributed by atoms with E-state index < -0.39 is 0 Å². The Morgan fingerprint density at radius 1 is 0.304 bits per heavy atom. The topological polar surface area (TPSA) is 16.3 Å². The van der Waals surface area contributed by atoms with Gasteiger partial charge in [0.15, 0.2) is 0 Å². The molecular weight excluding hydrogens is 837 g/mol. The molecule has 10 aromatic carbocycles. The van der Waals surface area contributed by atoms with Crippen molar-refractivity contribution in [2.45, 2.75) is 32.1 Å². The second kappa shape index (κ2) is 16.3. The van der Waals surface area contributed by atoms with Gasteiger partial charge in [-0.05, 0) is 156 Å². The molecule has 330 valence electrons. The molecule has 0 radical (unpaired) electrons. The Morgan fingerprint density at radius 2 is 0.594 bits per heavy atom. The number of para-hydroxylation sites is 6. The number of rotatable bonds is 10.